The number of rotatable bonds is 7. The highest BCUT2D eigenvalue weighted by Crippen LogP contribution is 2.39. The Hall–Kier alpha value is -2.94. The molecule has 0 aromatic heterocycles. The van der Waals surface area contributed by atoms with E-state index in [2.05, 4.69) is 38.1 Å². The van der Waals surface area contributed by atoms with E-state index >= 15 is 0 Å². The maximum absolute atomic E-state index is 14.4. The van der Waals surface area contributed by atoms with Crippen molar-refractivity contribution in [1.29, 1.82) is 0 Å². The molecule has 2 saturated heterocycles. The number of ether oxygens (including phenoxy) is 5. The third-order valence-electron chi connectivity index (χ3n) is 12.6. The molecule has 4 aliphatic rings. The summed E-state index contributed by atoms with van der Waals surface area (Å²) in [5, 5.41) is 26.9. The minimum Gasteiger partial charge on any atom is -0.456 e. The van der Waals surface area contributed by atoms with Gasteiger partial charge in [-0.3, -0.25) is 9.59 Å². The van der Waals surface area contributed by atoms with Crippen LogP contribution in [0.3, 0.4) is 0 Å². The van der Waals surface area contributed by atoms with Crippen LogP contribution in [0, 0.1) is 29.6 Å². The number of Topliss-reactive ketones (excluding diaryl/α,β-unsaturated/α-hetero) is 1. The van der Waals surface area contributed by atoms with Crippen LogP contribution in [0.4, 0.5) is 0 Å². The van der Waals surface area contributed by atoms with Gasteiger partial charge in [0.1, 0.15) is 25.4 Å². The lowest BCUT2D eigenvalue weighted by Gasteiger charge is -2.47. The van der Waals surface area contributed by atoms with Gasteiger partial charge >= 0.3 is 5.97 Å². The number of allylic oxidation sites excluding steroid dienone is 4. The number of aliphatic hydroxyl groups is 2. The Morgan fingerprint density at radius 1 is 0.982 bits per heavy atom. The SMILES string of the molecule is CC[C@@H]1/C=C(\C)C[C@H](C)C[C@H](OC)[C@H]2O[C@@](O)(C(=O)C(=O)N3CCCC[C@H]3C(=O)O[C@H](/C(C)=C/[C@@H]3CC[C@@H](O)[C@H](OC)C3)[C@H](C)/C=C/C1=NOC)[C@H](C)C[C@@H]2OC. The number of methoxy groups -OCH3 is 3. The molecule has 0 spiro atoms. The third-order valence-corrected chi connectivity index (χ3v) is 12.6. The number of ketones is 1. The van der Waals surface area contributed by atoms with Crippen LogP contribution in [-0.2, 0) is 42.9 Å². The number of amides is 1. The van der Waals surface area contributed by atoms with Crippen molar-refractivity contribution in [2.75, 3.05) is 35.0 Å². The fraction of sp³-hybridized carbons (Fsp3) is 0.773. The minimum absolute atomic E-state index is 0.0610. The number of esters is 1. The predicted molar refractivity (Wildman–Crippen MR) is 216 cm³/mol. The number of cyclic esters (lactones) is 1. The Balaban J connectivity index is 1.80. The van der Waals surface area contributed by atoms with Crippen molar-refractivity contribution in [1.82, 2.24) is 4.90 Å². The van der Waals surface area contributed by atoms with E-state index < -0.39 is 65.9 Å². The van der Waals surface area contributed by atoms with Crippen LogP contribution in [0.15, 0.2) is 40.6 Å². The molecule has 3 fully saturated rings. The first kappa shape index (κ1) is 46.7. The van der Waals surface area contributed by atoms with E-state index in [9.17, 15) is 24.6 Å². The molecule has 322 valence electrons. The van der Waals surface area contributed by atoms with Gasteiger partial charge in [-0.25, -0.2) is 4.79 Å². The van der Waals surface area contributed by atoms with Gasteiger partial charge in [-0.15, -0.1) is 0 Å². The molecule has 2 bridgehead atoms. The summed E-state index contributed by atoms with van der Waals surface area (Å²) < 4.78 is 30.1. The van der Waals surface area contributed by atoms with Gasteiger partial charge in [0.25, 0.3) is 11.7 Å². The monoisotopic (exact) mass is 802 g/mol. The summed E-state index contributed by atoms with van der Waals surface area (Å²) >= 11 is 0. The lowest BCUT2D eigenvalue weighted by atomic mass is 9.82. The largest absolute Gasteiger partial charge is 0.456 e. The molecular formula is C44H70N2O11. The topological polar surface area (TPSA) is 163 Å². The Morgan fingerprint density at radius 3 is 2.32 bits per heavy atom. The van der Waals surface area contributed by atoms with E-state index in [1.165, 1.54) is 12.0 Å². The molecule has 57 heavy (non-hydrogen) atoms. The zero-order chi connectivity index (χ0) is 42.0. The summed E-state index contributed by atoms with van der Waals surface area (Å²) in [7, 11) is 6.25. The Morgan fingerprint density at radius 2 is 1.67 bits per heavy atom. The maximum Gasteiger partial charge on any atom is 0.329 e. The van der Waals surface area contributed by atoms with E-state index in [0.717, 1.165) is 36.1 Å². The minimum atomic E-state index is -2.46. The number of nitrogens with zero attached hydrogens (tertiary/aromatic N) is 2. The number of hydrogen-bond acceptors (Lipinski definition) is 12. The lowest BCUT2D eigenvalue weighted by molar-refractivity contribution is -0.302. The first-order valence-corrected chi connectivity index (χ1v) is 21.0. The molecule has 1 aliphatic carbocycles. The highest BCUT2D eigenvalue weighted by Gasteiger charge is 2.56. The zero-order valence-corrected chi connectivity index (χ0v) is 36.0. The fourth-order valence-electron chi connectivity index (χ4n) is 9.30. The van der Waals surface area contributed by atoms with Gasteiger partial charge in [-0.2, -0.15) is 0 Å². The summed E-state index contributed by atoms with van der Waals surface area (Å²) in [6.45, 7) is 12.0. The van der Waals surface area contributed by atoms with Gasteiger partial charge in [0.05, 0.1) is 30.1 Å². The summed E-state index contributed by atoms with van der Waals surface area (Å²) in [6, 6.07) is -1.04. The number of carbonyl (C=O) groups is 3. The molecule has 3 heterocycles. The average molecular weight is 803 g/mol. The van der Waals surface area contributed by atoms with E-state index in [0.29, 0.717) is 38.5 Å². The molecule has 0 aromatic rings. The molecular weight excluding hydrogens is 732 g/mol. The fourth-order valence-corrected chi connectivity index (χ4v) is 9.30. The normalized spacial score (nSPS) is 40.7. The van der Waals surface area contributed by atoms with Gasteiger partial charge in [0, 0.05) is 45.6 Å². The van der Waals surface area contributed by atoms with Crippen molar-refractivity contribution in [3.63, 3.8) is 0 Å². The summed E-state index contributed by atoms with van der Waals surface area (Å²) in [4.78, 5) is 49.4. The van der Waals surface area contributed by atoms with Crippen molar-refractivity contribution in [2.45, 2.75) is 154 Å². The van der Waals surface area contributed by atoms with Gasteiger partial charge in [-0.05, 0) is 102 Å². The van der Waals surface area contributed by atoms with Gasteiger partial charge in [0.2, 0.25) is 5.79 Å². The highest BCUT2D eigenvalue weighted by atomic mass is 16.7. The first-order chi connectivity index (χ1) is 27.1. The number of fused-ring (bicyclic) bond motifs is 3. The number of hydrogen-bond donors (Lipinski definition) is 2. The second kappa shape index (κ2) is 21.4. The summed E-state index contributed by atoms with van der Waals surface area (Å²) in [5.41, 5.74) is 2.70. The van der Waals surface area contributed by atoms with Crippen LogP contribution in [0.5, 0.6) is 0 Å². The smallest absolute Gasteiger partial charge is 0.329 e. The molecule has 0 radical (unpaired) electrons. The van der Waals surface area contributed by atoms with Crippen LogP contribution in [0.2, 0.25) is 0 Å². The Bertz CT molecular complexity index is 1490. The molecule has 13 nitrogen and oxygen atoms in total. The second-order valence-corrected chi connectivity index (χ2v) is 17.0. The van der Waals surface area contributed by atoms with Crippen molar-refractivity contribution < 1.29 is 53.1 Å². The third kappa shape index (κ3) is 11.4. The molecule has 0 unspecified atom stereocenters. The molecule has 1 amide bonds. The summed E-state index contributed by atoms with van der Waals surface area (Å²) in [5.74, 6) is -6.17. The quantitative estimate of drug-likeness (QED) is 0.140. The molecule has 13 atom stereocenters. The first-order valence-electron chi connectivity index (χ1n) is 21.0. The van der Waals surface area contributed by atoms with Crippen LogP contribution in [-0.4, -0.2) is 122 Å². The van der Waals surface area contributed by atoms with Gasteiger partial charge in [-0.1, -0.05) is 56.7 Å². The van der Waals surface area contributed by atoms with Crippen LogP contribution in [0.1, 0.15) is 106 Å². The van der Waals surface area contributed by atoms with Gasteiger partial charge in [0.15, 0.2) is 0 Å². The Kier molecular flexibility index (Phi) is 17.5. The Labute approximate surface area is 340 Å². The van der Waals surface area contributed by atoms with E-state index in [1.54, 1.807) is 28.3 Å². The summed E-state index contributed by atoms with van der Waals surface area (Å²) in [6.07, 6.45) is 10.5. The number of carbonyl (C=O) groups excluding carboxylic acids is 3. The van der Waals surface area contributed by atoms with E-state index in [-0.39, 0.29) is 42.7 Å². The molecule has 1 saturated carbocycles. The lowest BCUT2D eigenvalue weighted by Crippen LogP contribution is -2.64. The van der Waals surface area contributed by atoms with Crippen LogP contribution < -0.4 is 0 Å². The predicted octanol–water partition coefficient (Wildman–Crippen LogP) is 5.71. The molecule has 4 rings (SSSR count). The number of piperidine rings is 1. The molecule has 0 aromatic carbocycles. The molecule has 3 aliphatic heterocycles. The highest BCUT2D eigenvalue weighted by molar-refractivity contribution is 6.39. The van der Waals surface area contributed by atoms with Crippen molar-refractivity contribution >= 4 is 23.4 Å². The van der Waals surface area contributed by atoms with Gasteiger partial charge < -0.3 is 43.6 Å². The molecule has 13 heteroatoms. The van der Waals surface area contributed by atoms with E-state index in [1.807, 2.05) is 26.0 Å². The number of oxime groups is 1. The van der Waals surface area contributed by atoms with Crippen LogP contribution in [0.25, 0.3) is 0 Å². The van der Waals surface area contributed by atoms with Crippen molar-refractivity contribution in [3.05, 3.63) is 35.5 Å². The maximum atomic E-state index is 14.4. The van der Waals surface area contributed by atoms with E-state index in [4.69, 9.17) is 28.5 Å². The average Bonchev–Trinajstić information content (AvgIpc) is 3.20. The standard InChI is InChI=1S/C44H70N2O11/c1-11-32-21-26(2)20-27(3)22-37(53-8)40-38(54-9)24-30(6)44(51,57-40)41(48)42(49)46-19-13-12-14-34(46)43(50)56-39(28(4)15-17-33(32)45-55-10)29(5)23-31-16-18-35(47)36(25-31)52-7/h15,17,21,23,27-28,30-32,34-40,47,51H,11-14,16,18-20,22,24-25H2,1-10H3/b17-15+,26-21+,29-23+,45-33?/t27-,28+,30+,31-,32+,34-,35+,36+,37-,38-,39-,40+,44+/m0/s1. The number of aliphatic hydroxyl groups excluding tert-OH is 1. The van der Waals surface area contributed by atoms with Crippen LogP contribution >= 0.6 is 0 Å². The second-order valence-electron chi connectivity index (χ2n) is 17.0. The van der Waals surface area contributed by atoms with Crippen molar-refractivity contribution in [2.24, 2.45) is 34.7 Å². The molecule has 2 N–H and O–H groups in total. The zero-order valence-electron chi connectivity index (χ0n) is 36.0. The van der Waals surface area contributed by atoms with Crippen molar-refractivity contribution in [3.8, 4) is 0 Å².